The molecule has 0 aliphatic carbocycles. The number of ketones is 1. The molecule has 570 valence electrons. The number of rotatable bonds is 25. The Hall–Kier alpha value is -11.8. The summed E-state index contributed by atoms with van der Waals surface area (Å²) >= 11 is 37.9. The monoisotopic (exact) mass is 1660 g/mol. The van der Waals surface area contributed by atoms with Gasteiger partial charge in [-0.3, -0.25) is 48.9 Å². The number of likely N-dealkylation sites (N-methyl/N-ethyl adjacent to an activating group) is 1. The summed E-state index contributed by atoms with van der Waals surface area (Å²) in [5.74, 6) is -2.15. The van der Waals surface area contributed by atoms with E-state index < -0.39 is 50.2 Å². The highest BCUT2D eigenvalue weighted by molar-refractivity contribution is 7.90. The van der Waals surface area contributed by atoms with E-state index in [1.807, 2.05) is 30.3 Å². The first-order chi connectivity index (χ1) is 53.8. The first kappa shape index (κ1) is 82.7. The van der Waals surface area contributed by atoms with Crippen LogP contribution < -0.4 is 41.5 Å². The Kier molecular flexibility index (Phi) is 28.6. The fourth-order valence-corrected chi connectivity index (χ4v) is 14.0. The SMILES string of the molecule is CNC(=O)/C=C/c1ccn(S(=O)(=O)c2ccc(C(=O)Nc3ccc(Cl)c(-c4ccccn4)c3)c(Cl)c2)c1.O=C(CO)c1ccc(OCCNS(=O)(=O)c2ccc(C(=O)Nc3ccc(Cl)c(-c4ccccn4)c3)c(Cl)c2)cc1.O=C(NO)c1cnc(NCc2ccc(C(=O)Nc3ccc(Cl)c(-c4ccccn4)c3)c(Cl)c2)nc1. The third kappa shape index (κ3) is 22.0. The van der Waals surface area contributed by atoms with Gasteiger partial charge in [-0.15, -0.1) is 0 Å². The number of sulfonamides is 1. The van der Waals surface area contributed by atoms with Crippen molar-refractivity contribution in [3.8, 4) is 39.5 Å². The number of pyridine rings is 3. The fourth-order valence-electron chi connectivity index (χ4n) is 10.2. The van der Waals surface area contributed by atoms with Crippen molar-refractivity contribution in [3.05, 3.63) is 313 Å². The van der Waals surface area contributed by atoms with E-state index in [1.165, 1.54) is 98.0 Å². The molecule has 12 aromatic rings. The minimum absolute atomic E-state index is 0.0162. The molecule has 0 saturated heterocycles. The number of Topliss-reactive ketones (excluding diaryl/α,β-unsaturated/α-hetero) is 1. The van der Waals surface area contributed by atoms with E-state index >= 15 is 0 Å². The second-order valence-electron chi connectivity index (χ2n) is 23.4. The van der Waals surface area contributed by atoms with Gasteiger partial charge in [-0.05, 0) is 187 Å². The molecule has 7 aromatic carbocycles. The number of nitrogens with one attached hydrogen (secondary N) is 7. The minimum Gasteiger partial charge on any atom is -0.492 e. The number of hydroxylamine groups is 1. The Balaban J connectivity index is 0.000000179. The van der Waals surface area contributed by atoms with Crippen molar-refractivity contribution in [1.29, 1.82) is 0 Å². The highest BCUT2D eigenvalue weighted by Gasteiger charge is 2.23. The number of halogens is 6. The second kappa shape index (κ2) is 38.7. The van der Waals surface area contributed by atoms with Gasteiger partial charge in [0.05, 0.1) is 79.3 Å². The van der Waals surface area contributed by atoms with E-state index in [-0.39, 0.29) is 72.5 Å². The van der Waals surface area contributed by atoms with Gasteiger partial charge >= 0.3 is 0 Å². The summed E-state index contributed by atoms with van der Waals surface area (Å²) in [5, 5.41) is 32.9. The number of carbonyl (C=O) groups excluding carboxylic acids is 6. The lowest BCUT2D eigenvalue weighted by atomic mass is 10.1. The molecule has 0 fully saturated rings. The molecule has 26 nitrogen and oxygen atoms in total. The average molecular weight is 1670 g/mol. The van der Waals surface area contributed by atoms with Gasteiger partial charge in [-0.25, -0.2) is 41.0 Å². The van der Waals surface area contributed by atoms with E-state index in [0.717, 1.165) is 9.54 Å². The molecule has 5 heterocycles. The van der Waals surface area contributed by atoms with Crippen molar-refractivity contribution >= 4 is 154 Å². The molecule has 0 atom stereocenters. The Morgan fingerprint density at radius 1 is 0.509 bits per heavy atom. The van der Waals surface area contributed by atoms with Gasteiger partial charge in [-0.2, -0.15) is 0 Å². The van der Waals surface area contributed by atoms with Crippen LogP contribution in [-0.2, 0) is 31.4 Å². The Morgan fingerprint density at radius 2 is 0.982 bits per heavy atom. The summed E-state index contributed by atoms with van der Waals surface area (Å²) < 4.78 is 60.4. The largest absolute Gasteiger partial charge is 0.492 e. The van der Waals surface area contributed by atoms with Gasteiger partial charge < -0.3 is 36.4 Å². The van der Waals surface area contributed by atoms with Gasteiger partial charge in [0.25, 0.3) is 33.7 Å². The molecule has 5 amide bonds. The van der Waals surface area contributed by atoms with Gasteiger partial charge in [0, 0.05) is 109 Å². The van der Waals surface area contributed by atoms with Crippen LogP contribution in [0.25, 0.3) is 39.8 Å². The van der Waals surface area contributed by atoms with Crippen LogP contribution in [0.5, 0.6) is 5.75 Å². The zero-order valence-electron chi connectivity index (χ0n) is 58.2. The van der Waals surface area contributed by atoms with Crippen molar-refractivity contribution < 1.29 is 60.7 Å². The summed E-state index contributed by atoms with van der Waals surface area (Å²) in [6.07, 6.45) is 13.0. The third-order valence-electron chi connectivity index (χ3n) is 15.8. The molecule has 0 radical (unpaired) electrons. The molecule has 0 aliphatic rings. The quantitative estimate of drug-likeness (QED) is 0.00843. The number of anilines is 4. The predicted molar refractivity (Wildman–Crippen MR) is 430 cm³/mol. The third-order valence-corrected chi connectivity index (χ3v) is 20.9. The van der Waals surface area contributed by atoms with Crippen LogP contribution in [0, 0.1) is 0 Å². The summed E-state index contributed by atoms with van der Waals surface area (Å²) in [7, 11) is -6.43. The summed E-state index contributed by atoms with van der Waals surface area (Å²) in [6.45, 7) is -0.289. The van der Waals surface area contributed by atoms with Crippen LogP contribution >= 0.6 is 69.6 Å². The van der Waals surface area contributed by atoms with Crippen LogP contribution in [0.2, 0.25) is 30.1 Å². The molecule has 34 heteroatoms. The maximum absolute atomic E-state index is 13.1. The molecule has 5 aromatic heterocycles. The topological polar surface area (TPSA) is 374 Å². The lowest BCUT2D eigenvalue weighted by Gasteiger charge is -2.12. The molecular weight excluding hydrogens is 1600 g/mol. The number of aliphatic hydroxyl groups excluding tert-OH is 1. The van der Waals surface area contributed by atoms with Crippen molar-refractivity contribution in [2.75, 3.05) is 48.1 Å². The van der Waals surface area contributed by atoms with Gasteiger partial charge in [0.1, 0.15) is 19.0 Å². The molecule has 0 aliphatic heterocycles. The van der Waals surface area contributed by atoms with Gasteiger partial charge in [0.15, 0.2) is 5.78 Å². The summed E-state index contributed by atoms with van der Waals surface area (Å²) in [4.78, 5) is 93.5. The number of benzene rings is 7. The van der Waals surface area contributed by atoms with Crippen LogP contribution in [0.4, 0.5) is 23.0 Å². The van der Waals surface area contributed by atoms with Crippen molar-refractivity contribution in [2.45, 2.75) is 16.3 Å². The number of hydrogen-bond acceptors (Lipinski definition) is 19. The molecule has 0 unspecified atom stereocenters. The van der Waals surface area contributed by atoms with Crippen molar-refractivity contribution in [1.82, 2.24) is 44.4 Å². The molecule has 0 saturated carbocycles. The lowest BCUT2D eigenvalue weighted by Crippen LogP contribution is -2.28. The molecule has 9 N–H and O–H groups in total. The van der Waals surface area contributed by atoms with Crippen molar-refractivity contribution in [2.24, 2.45) is 0 Å². The maximum Gasteiger partial charge on any atom is 0.277 e. The number of aliphatic hydroxyl groups is 1. The van der Waals surface area contributed by atoms with Crippen molar-refractivity contribution in [3.63, 3.8) is 0 Å². The number of carbonyl (C=O) groups is 6. The Labute approximate surface area is 670 Å². The Morgan fingerprint density at radius 3 is 1.43 bits per heavy atom. The number of hydrogen-bond donors (Lipinski definition) is 9. The van der Waals surface area contributed by atoms with E-state index in [2.05, 4.69) is 56.2 Å². The van der Waals surface area contributed by atoms with E-state index in [9.17, 15) is 45.6 Å². The van der Waals surface area contributed by atoms with E-state index in [0.29, 0.717) is 94.9 Å². The van der Waals surface area contributed by atoms with Crippen LogP contribution in [-0.4, -0.2) is 118 Å². The number of nitrogens with zero attached hydrogens (tertiary/aromatic N) is 6. The van der Waals surface area contributed by atoms with Crippen LogP contribution in [0.3, 0.4) is 0 Å². The summed E-state index contributed by atoms with van der Waals surface area (Å²) in [5.41, 5.74) is 9.19. The Bertz CT molecular complexity index is 5730. The number of aromatic nitrogens is 6. The number of ether oxygens (including phenoxy) is 1. The molecule has 112 heavy (non-hydrogen) atoms. The van der Waals surface area contributed by atoms with Gasteiger partial charge in [-0.1, -0.05) is 93.9 Å². The standard InChI is InChI=1S/C28H23Cl2N3O6S.C26H20Cl2N4O4S.C24H18Cl2N6O3/c29-24-11-6-19(15-23(24)26-3-1-2-12-31-26)33-28(36)22-10-9-21(16-25(22)30)40(37,38)32-13-14-39-20-7-4-18(5-8-20)27(35)17-34;1-29-25(33)10-5-17-11-13-32(16-17)37(35,36)19-7-8-20(23(28)15-19)26(34)31-18-6-9-22(27)21(14-18)24-4-2-3-12-30-24;25-19-7-5-16(10-18(19)21-3-1-2-8-27-21)31-23(34)17-6-4-14(9-20(17)26)11-28-24-29-12-15(13-30-24)22(33)32-35/h1-12,15-16,32,34H,13-14,17H2,(H,33,36);2-16H,1H3,(H,29,33)(H,31,34);1-10,12-13,35H,11H2,(H,31,34)(H,32,33)(H,28,29,30)/b;10-5+;. The lowest BCUT2D eigenvalue weighted by molar-refractivity contribution is -0.116. The zero-order valence-corrected chi connectivity index (χ0v) is 64.3. The second-order valence-corrected chi connectivity index (χ2v) is 29.4. The average Bonchev–Trinajstić information content (AvgIpc) is 1.57. The highest BCUT2D eigenvalue weighted by Crippen LogP contribution is 2.34. The van der Waals surface area contributed by atoms with E-state index in [4.69, 9.17) is 84.7 Å². The number of amides is 5. The molecule has 12 rings (SSSR count). The molecule has 0 spiro atoms. The molecule has 0 bridgehead atoms. The van der Waals surface area contributed by atoms with Gasteiger partial charge in [0.2, 0.25) is 21.9 Å². The fraction of sp³-hybridized carbons (Fsp3) is 0.0641. The minimum atomic E-state index is -3.98. The van der Waals surface area contributed by atoms with Crippen LogP contribution in [0.15, 0.2) is 253 Å². The maximum atomic E-state index is 13.1. The van der Waals surface area contributed by atoms with Crippen LogP contribution in [0.1, 0.15) is 62.9 Å². The predicted octanol–water partition coefficient (Wildman–Crippen LogP) is 14.8. The summed E-state index contributed by atoms with van der Waals surface area (Å²) in [6, 6.07) is 51.8. The first-order valence-electron chi connectivity index (χ1n) is 33.0. The zero-order chi connectivity index (χ0) is 80.1. The highest BCUT2D eigenvalue weighted by atomic mass is 35.5. The first-order valence-corrected chi connectivity index (χ1v) is 38.1. The normalized spacial score (nSPS) is 11.0. The molecular formula is C78H61Cl6N13O13S2. The smallest absolute Gasteiger partial charge is 0.277 e. The van der Waals surface area contributed by atoms with E-state index in [1.54, 1.807) is 134 Å².